The van der Waals surface area contributed by atoms with Crippen molar-refractivity contribution in [3.63, 3.8) is 0 Å². The second kappa shape index (κ2) is 9.21. The fourth-order valence-electron chi connectivity index (χ4n) is 3.11. The number of pyridine rings is 1. The third kappa shape index (κ3) is 4.67. The van der Waals surface area contributed by atoms with E-state index in [0.717, 1.165) is 48.6 Å². The molecule has 0 radical (unpaired) electrons. The van der Waals surface area contributed by atoms with Crippen molar-refractivity contribution < 1.29 is 9.47 Å². The lowest BCUT2D eigenvalue weighted by atomic mass is 10.0. The van der Waals surface area contributed by atoms with Crippen molar-refractivity contribution in [3.8, 4) is 5.75 Å². The van der Waals surface area contributed by atoms with Gasteiger partial charge in [0.25, 0.3) is 0 Å². The van der Waals surface area contributed by atoms with Gasteiger partial charge in [0.2, 0.25) is 0 Å². The van der Waals surface area contributed by atoms with Gasteiger partial charge in [0.15, 0.2) is 0 Å². The molecule has 2 aromatic rings. The number of para-hydroxylation sites is 1. The molecule has 0 saturated heterocycles. The molecule has 1 aliphatic rings. The van der Waals surface area contributed by atoms with E-state index in [1.807, 2.05) is 31.4 Å². The van der Waals surface area contributed by atoms with E-state index in [2.05, 4.69) is 27.3 Å². The SMILES string of the molecule is COCCN(C)c1ccc(CNC2CCCOc3c(Cl)cccc32)cn1. The zero-order valence-electron chi connectivity index (χ0n) is 15.4. The minimum absolute atomic E-state index is 0.232. The first-order chi connectivity index (χ1) is 12.7. The third-order valence-electron chi connectivity index (χ3n) is 4.64. The van der Waals surface area contributed by atoms with Crippen molar-refractivity contribution >= 4 is 17.4 Å². The Labute approximate surface area is 160 Å². The summed E-state index contributed by atoms with van der Waals surface area (Å²) in [6.07, 6.45) is 3.96. The monoisotopic (exact) mass is 375 g/mol. The Morgan fingerprint density at radius 1 is 1.35 bits per heavy atom. The molecule has 1 unspecified atom stereocenters. The van der Waals surface area contributed by atoms with Crippen molar-refractivity contribution in [3.05, 3.63) is 52.7 Å². The molecular weight excluding hydrogens is 350 g/mol. The van der Waals surface area contributed by atoms with Crippen LogP contribution in [0.15, 0.2) is 36.5 Å². The van der Waals surface area contributed by atoms with E-state index in [0.29, 0.717) is 18.2 Å². The molecule has 140 valence electrons. The fourth-order valence-corrected chi connectivity index (χ4v) is 3.35. The predicted molar refractivity (Wildman–Crippen MR) is 105 cm³/mol. The highest BCUT2D eigenvalue weighted by Gasteiger charge is 2.21. The van der Waals surface area contributed by atoms with Gasteiger partial charge in [-0.05, 0) is 30.5 Å². The molecule has 1 aromatic carbocycles. The van der Waals surface area contributed by atoms with Gasteiger partial charge in [0.1, 0.15) is 11.6 Å². The van der Waals surface area contributed by atoms with Crippen LogP contribution in [0.3, 0.4) is 0 Å². The summed E-state index contributed by atoms with van der Waals surface area (Å²) in [6, 6.07) is 10.4. The summed E-state index contributed by atoms with van der Waals surface area (Å²) < 4.78 is 10.9. The molecule has 0 fully saturated rings. The number of hydrogen-bond donors (Lipinski definition) is 1. The second-order valence-electron chi connectivity index (χ2n) is 6.52. The fraction of sp³-hybridized carbons (Fsp3) is 0.450. The van der Waals surface area contributed by atoms with Gasteiger partial charge in [-0.1, -0.05) is 29.8 Å². The van der Waals surface area contributed by atoms with Gasteiger partial charge in [-0.15, -0.1) is 0 Å². The first kappa shape index (κ1) is 19.0. The first-order valence-electron chi connectivity index (χ1n) is 8.98. The maximum absolute atomic E-state index is 6.30. The van der Waals surface area contributed by atoms with Gasteiger partial charge < -0.3 is 19.7 Å². The molecular formula is C20H26ClN3O2. The average Bonchev–Trinajstić information content (AvgIpc) is 2.88. The minimum atomic E-state index is 0.232. The van der Waals surface area contributed by atoms with Gasteiger partial charge in [-0.25, -0.2) is 4.98 Å². The summed E-state index contributed by atoms with van der Waals surface area (Å²) in [5, 5.41) is 4.31. The van der Waals surface area contributed by atoms with Crippen LogP contribution in [0, 0.1) is 0 Å². The van der Waals surface area contributed by atoms with Gasteiger partial charge in [0, 0.05) is 45.0 Å². The molecule has 1 N–H and O–H groups in total. The summed E-state index contributed by atoms with van der Waals surface area (Å²) in [5.41, 5.74) is 2.29. The molecule has 1 aliphatic heterocycles. The van der Waals surface area contributed by atoms with Crippen LogP contribution >= 0.6 is 11.6 Å². The third-order valence-corrected chi connectivity index (χ3v) is 4.94. The summed E-state index contributed by atoms with van der Waals surface area (Å²) in [7, 11) is 3.73. The minimum Gasteiger partial charge on any atom is -0.492 e. The second-order valence-corrected chi connectivity index (χ2v) is 6.93. The molecule has 5 nitrogen and oxygen atoms in total. The molecule has 26 heavy (non-hydrogen) atoms. The molecule has 0 spiro atoms. The van der Waals surface area contributed by atoms with Crippen LogP contribution in [0.1, 0.15) is 30.0 Å². The smallest absolute Gasteiger partial charge is 0.142 e. The lowest BCUT2D eigenvalue weighted by Gasteiger charge is -2.20. The van der Waals surface area contributed by atoms with E-state index in [1.54, 1.807) is 7.11 Å². The Kier molecular flexibility index (Phi) is 6.72. The number of fused-ring (bicyclic) bond motifs is 1. The van der Waals surface area contributed by atoms with E-state index in [4.69, 9.17) is 21.1 Å². The van der Waals surface area contributed by atoms with E-state index in [9.17, 15) is 0 Å². The van der Waals surface area contributed by atoms with Crippen LogP contribution in [0.25, 0.3) is 0 Å². The lowest BCUT2D eigenvalue weighted by molar-refractivity contribution is 0.206. The van der Waals surface area contributed by atoms with Crippen LogP contribution in [-0.4, -0.2) is 38.9 Å². The Morgan fingerprint density at radius 2 is 2.23 bits per heavy atom. The molecule has 1 aromatic heterocycles. The van der Waals surface area contributed by atoms with E-state index < -0.39 is 0 Å². The number of ether oxygens (including phenoxy) is 2. The number of hydrogen-bond acceptors (Lipinski definition) is 5. The summed E-state index contributed by atoms with van der Waals surface area (Å²) in [4.78, 5) is 6.64. The Balaban J connectivity index is 1.63. The predicted octanol–water partition coefficient (Wildman–Crippen LogP) is 3.82. The zero-order chi connectivity index (χ0) is 18.4. The van der Waals surface area contributed by atoms with Crippen LogP contribution < -0.4 is 15.0 Å². The Hall–Kier alpha value is -1.82. The van der Waals surface area contributed by atoms with E-state index in [-0.39, 0.29) is 6.04 Å². The van der Waals surface area contributed by atoms with E-state index >= 15 is 0 Å². The van der Waals surface area contributed by atoms with Gasteiger partial charge in [-0.3, -0.25) is 0 Å². The number of nitrogens with one attached hydrogen (secondary N) is 1. The topological polar surface area (TPSA) is 46.6 Å². The number of rotatable bonds is 7. The molecule has 3 rings (SSSR count). The molecule has 0 aliphatic carbocycles. The lowest BCUT2D eigenvalue weighted by Crippen LogP contribution is -2.23. The average molecular weight is 376 g/mol. The highest BCUT2D eigenvalue weighted by Crippen LogP contribution is 2.36. The highest BCUT2D eigenvalue weighted by molar-refractivity contribution is 6.32. The van der Waals surface area contributed by atoms with Gasteiger partial charge in [-0.2, -0.15) is 0 Å². The molecule has 1 atom stereocenters. The number of benzene rings is 1. The number of anilines is 1. The van der Waals surface area contributed by atoms with Gasteiger partial charge in [0.05, 0.1) is 18.2 Å². The number of methoxy groups -OCH3 is 1. The van der Waals surface area contributed by atoms with Crippen LogP contribution in [0.5, 0.6) is 5.75 Å². The molecule has 0 amide bonds. The summed E-state index contributed by atoms with van der Waals surface area (Å²) >= 11 is 6.30. The molecule has 2 heterocycles. The van der Waals surface area contributed by atoms with Crippen molar-refractivity contribution in [1.82, 2.24) is 10.3 Å². The zero-order valence-corrected chi connectivity index (χ0v) is 16.1. The van der Waals surface area contributed by atoms with Crippen molar-refractivity contribution in [2.75, 3.05) is 38.8 Å². The number of likely N-dealkylation sites (N-methyl/N-ethyl adjacent to an activating group) is 1. The van der Waals surface area contributed by atoms with Crippen LogP contribution in [-0.2, 0) is 11.3 Å². The highest BCUT2D eigenvalue weighted by atomic mass is 35.5. The maximum Gasteiger partial charge on any atom is 0.142 e. The van der Waals surface area contributed by atoms with E-state index in [1.165, 1.54) is 0 Å². The number of halogens is 1. The van der Waals surface area contributed by atoms with Crippen molar-refractivity contribution in [2.24, 2.45) is 0 Å². The number of aromatic nitrogens is 1. The van der Waals surface area contributed by atoms with Crippen LogP contribution in [0.2, 0.25) is 5.02 Å². The van der Waals surface area contributed by atoms with Gasteiger partial charge >= 0.3 is 0 Å². The standard InChI is InChI=1S/C20H26ClN3O2/c1-24(10-12-25-2)19-9-8-15(14-23-19)13-22-18-7-4-11-26-20-16(18)5-3-6-17(20)21/h3,5-6,8-9,14,18,22H,4,7,10-13H2,1-2H3. The van der Waals surface area contributed by atoms with Crippen LogP contribution in [0.4, 0.5) is 5.82 Å². The maximum atomic E-state index is 6.30. The largest absolute Gasteiger partial charge is 0.492 e. The molecule has 0 saturated carbocycles. The van der Waals surface area contributed by atoms with Crippen molar-refractivity contribution in [2.45, 2.75) is 25.4 Å². The van der Waals surface area contributed by atoms with Crippen molar-refractivity contribution in [1.29, 1.82) is 0 Å². The normalized spacial score (nSPS) is 16.5. The number of nitrogens with zero attached hydrogens (tertiary/aromatic N) is 2. The summed E-state index contributed by atoms with van der Waals surface area (Å²) in [6.45, 7) is 2.97. The Morgan fingerprint density at radius 3 is 3.00 bits per heavy atom. The molecule has 6 heteroatoms. The first-order valence-corrected chi connectivity index (χ1v) is 9.36. The quantitative estimate of drug-likeness (QED) is 0.797. The Bertz CT molecular complexity index is 709. The summed E-state index contributed by atoms with van der Waals surface area (Å²) in [5.74, 6) is 1.77. The molecule has 0 bridgehead atoms.